The van der Waals surface area contributed by atoms with Crippen LogP contribution in [0.2, 0.25) is 0 Å². The molecule has 0 unspecified atom stereocenters. The summed E-state index contributed by atoms with van der Waals surface area (Å²) in [6, 6.07) is 4.11. The summed E-state index contributed by atoms with van der Waals surface area (Å²) in [4.78, 5) is 40.8. The van der Waals surface area contributed by atoms with Crippen LogP contribution in [0.15, 0.2) is 32.1 Å². The van der Waals surface area contributed by atoms with Gasteiger partial charge in [0.2, 0.25) is 5.60 Å². The molecule has 0 spiro atoms. The topological polar surface area (TPSA) is 227 Å². The molecule has 1 aliphatic carbocycles. The molecule has 3 aromatic heterocycles. The van der Waals surface area contributed by atoms with Crippen LogP contribution in [0.5, 0.6) is 0 Å². The van der Waals surface area contributed by atoms with Gasteiger partial charge in [-0.1, -0.05) is 46.0 Å². The fourth-order valence-electron chi connectivity index (χ4n) is 5.93. The molecule has 1 aliphatic heterocycles. The van der Waals surface area contributed by atoms with Crippen molar-refractivity contribution in [1.29, 1.82) is 5.26 Å². The van der Waals surface area contributed by atoms with Crippen LogP contribution in [0.25, 0.3) is 5.52 Å². The number of hydrogen-bond donors (Lipinski definition) is 3. The van der Waals surface area contributed by atoms with Crippen molar-refractivity contribution in [3.63, 3.8) is 0 Å². The van der Waals surface area contributed by atoms with Gasteiger partial charge < -0.3 is 38.6 Å². The van der Waals surface area contributed by atoms with Crippen molar-refractivity contribution in [2.45, 2.75) is 95.9 Å². The molecule has 4 N–H and O–H groups in total. The molecule has 4 heterocycles. The number of nitrogens with zero attached hydrogens (tertiary/aromatic N) is 4. The van der Waals surface area contributed by atoms with E-state index in [4.69, 9.17) is 33.5 Å². The fraction of sp³-hybridized carbons (Fsp3) is 0.613. The number of ether oxygens (including phenoxy) is 4. The van der Waals surface area contributed by atoms with Crippen LogP contribution in [0.4, 0.5) is 10.6 Å². The Labute approximate surface area is 270 Å². The van der Waals surface area contributed by atoms with E-state index in [1.807, 2.05) is 0 Å². The molecule has 2 aliphatic rings. The molecule has 5 rings (SSSR count). The Morgan fingerprint density at radius 1 is 1.26 bits per heavy atom. The molecule has 1 saturated carbocycles. The highest BCUT2D eigenvalue weighted by Gasteiger charge is 2.60. The second kappa shape index (κ2) is 14.6. The Balaban J connectivity index is 1.36. The number of aromatic nitrogens is 3. The minimum Gasteiger partial charge on any atom is -0.455 e. The first-order chi connectivity index (χ1) is 22.5. The molecular formula is C31H40N6O10. The number of nitrogens with one attached hydrogen (secondary N) is 1. The average Bonchev–Trinajstić information content (AvgIpc) is 3.72. The number of anilines is 1. The van der Waals surface area contributed by atoms with Crippen LogP contribution in [0, 0.1) is 30.1 Å². The monoisotopic (exact) mass is 656 g/mol. The smallest absolute Gasteiger partial charge is 0.455 e. The highest BCUT2D eigenvalue weighted by molar-refractivity contribution is 5.88. The van der Waals surface area contributed by atoms with Crippen molar-refractivity contribution in [1.82, 2.24) is 14.6 Å². The van der Waals surface area contributed by atoms with E-state index in [2.05, 4.69) is 21.5 Å². The van der Waals surface area contributed by atoms with Gasteiger partial charge in [0.15, 0.2) is 30.0 Å². The van der Waals surface area contributed by atoms with Gasteiger partial charge in [0.05, 0.1) is 12.3 Å². The second-order valence-corrected chi connectivity index (χ2v) is 12.2. The molecule has 1 saturated heterocycles. The first kappa shape index (κ1) is 34.0. The van der Waals surface area contributed by atoms with E-state index in [-0.39, 0.29) is 47.7 Å². The maximum absolute atomic E-state index is 12.9. The summed E-state index contributed by atoms with van der Waals surface area (Å²) >= 11 is 0. The molecule has 0 radical (unpaired) electrons. The molecule has 0 aromatic carbocycles. The van der Waals surface area contributed by atoms with Gasteiger partial charge in [-0.15, -0.1) is 0 Å². The third-order valence-corrected chi connectivity index (χ3v) is 8.74. The quantitative estimate of drug-likeness (QED) is 0.188. The van der Waals surface area contributed by atoms with Crippen molar-refractivity contribution in [2.75, 3.05) is 18.5 Å². The number of aliphatic hydroxyl groups is 1. The maximum Gasteiger partial charge on any atom is 0.519 e. The minimum atomic E-state index is -2.06. The van der Waals surface area contributed by atoms with Gasteiger partial charge >= 0.3 is 17.9 Å². The highest BCUT2D eigenvalue weighted by Crippen LogP contribution is 2.42. The van der Waals surface area contributed by atoms with Crippen LogP contribution in [-0.4, -0.2) is 69.3 Å². The van der Waals surface area contributed by atoms with Crippen molar-refractivity contribution in [2.24, 2.45) is 17.6 Å². The molecule has 254 valence electrons. The van der Waals surface area contributed by atoms with Gasteiger partial charge in [-0.3, -0.25) is 10.1 Å². The molecule has 1 amide bonds. The van der Waals surface area contributed by atoms with Crippen molar-refractivity contribution in [3.05, 3.63) is 46.3 Å². The van der Waals surface area contributed by atoms with E-state index in [1.54, 1.807) is 13.8 Å². The number of esters is 1. The standard InChI is InChI=1S/C31H40N6O10/c1-17(2)24(33)28(39)46-25-22(13-42-12-11-19-7-5-4-6-8-19)47-31(15-32,26(25)38)23-10-9-20-27(34-16-35-37(20)23)36-29(40)43-14-21-18(3)44-30(41)45-21/h9-10,16-17,19,22,24-26,38H,4-8,11-14,33H2,1-3H3,(H,34,35,36,40)/t22-,24+,25-,26-,31+/m1/s1. The number of aryl methyl sites for hydroxylation is 1. The van der Waals surface area contributed by atoms with E-state index in [0.29, 0.717) is 12.5 Å². The van der Waals surface area contributed by atoms with Crippen molar-refractivity contribution < 1.29 is 42.5 Å². The third-order valence-electron chi connectivity index (χ3n) is 8.74. The van der Waals surface area contributed by atoms with E-state index in [1.165, 1.54) is 42.8 Å². The zero-order valence-electron chi connectivity index (χ0n) is 26.5. The zero-order valence-corrected chi connectivity index (χ0v) is 26.5. The van der Waals surface area contributed by atoms with Gasteiger partial charge in [-0.2, -0.15) is 10.4 Å². The summed E-state index contributed by atoms with van der Waals surface area (Å²) in [6.07, 6.45) is 3.10. The number of fused-ring (bicyclic) bond motifs is 1. The number of hydrogen-bond acceptors (Lipinski definition) is 14. The Morgan fingerprint density at radius 2 is 2.02 bits per heavy atom. The summed E-state index contributed by atoms with van der Waals surface area (Å²) in [5.41, 5.74) is 4.31. The number of nitriles is 1. The number of rotatable bonds is 12. The first-order valence-corrected chi connectivity index (χ1v) is 15.7. The van der Waals surface area contributed by atoms with Gasteiger partial charge in [-0.05, 0) is 37.3 Å². The van der Waals surface area contributed by atoms with Crippen LogP contribution in [0.1, 0.15) is 69.6 Å². The molecule has 16 heteroatoms. The predicted molar refractivity (Wildman–Crippen MR) is 162 cm³/mol. The Kier molecular flexibility index (Phi) is 10.6. The summed E-state index contributed by atoms with van der Waals surface area (Å²) in [6.45, 7) is 5.05. The van der Waals surface area contributed by atoms with E-state index < -0.39 is 47.8 Å². The fourth-order valence-corrected chi connectivity index (χ4v) is 5.93. The molecular weight excluding hydrogens is 616 g/mol. The van der Waals surface area contributed by atoms with Crippen LogP contribution in [0.3, 0.4) is 0 Å². The predicted octanol–water partition coefficient (Wildman–Crippen LogP) is 2.69. The largest absolute Gasteiger partial charge is 0.519 e. The SMILES string of the molecule is Cc1oc(=O)oc1COC(=O)Nc1ncnn2c([C@]3(C#N)O[C@H](COCCC4CCCCC4)[C@@H](OC(=O)[C@@H](N)C(C)C)[C@H]3O)ccc12. The van der Waals surface area contributed by atoms with Crippen LogP contribution < -0.4 is 16.9 Å². The van der Waals surface area contributed by atoms with Crippen LogP contribution >= 0.6 is 0 Å². The molecule has 47 heavy (non-hydrogen) atoms. The summed E-state index contributed by atoms with van der Waals surface area (Å²) < 4.78 is 33.9. The van der Waals surface area contributed by atoms with Crippen molar-refractivity contribution in [3.8, 4) is 6.07 Å². The molecule has 16 nitrogen and oxygen atoms in total. The van der Waals surface area contributed by atoms with Crippen LogP contribution in [-0.2, 0) is 35.9 Å². The lowest BCUT2D eigenvalue weighted by Crippen LogP contribution is -2.46. The number of aliphatic hydroxyl groups excluding tert-OH is 1. The zero-order chi connectivity index (χ0) is 33.7. The molecule has 3 aromatic rings. The van der Waals surface area contributed by atoms with E-state index in [9.17, 15) is 24.8 Å². The van der Waals surface area contributed by atoms with Gasteiger partial charge in [0, 0.05) is 6.61 Å². The summed E-state index contributed by atoms with van der Waals surface area (Å²) in [5.74, 6) is -1.10. The second-order valence-electron chi connectivity index (χ2n) is 12.2. The lowest BCUT2D eigenvalue weighted by molar-refractivity contribution is -0.160. The van der Waals surface area contributed by atoms with E-state index >= 15 is 0 Å². The lowest BCUT2D eigenvalue weighted by atomic mass is 9.87. The molecule has 5 atom stereocenters. The number of amides is 1. The van der Waals surface area contributed by atoms with Gasteiger partial charge in [-0.25, -0.2) is 19.1 Å². The lowest BCUT2D eigenvalue weighted by Gasteiger charge is -2.25. The van der Waals surface area contributed by atoms with E-state index in [0.717, 1.165) is 25.6 Å². The molecule has 0 bridgehead atoms. The maximum atomic E-state index is 12.9. The number of carbonyl (C=O) groups is 2. The normalized spacial score (nSPS) is 23.9. The summed E-state index contributed by atoms with van der Waals surface area (Å²) in [7, 11) is 0. The third kappa shape index (κ3) is 7.33. The average molecular weight is 657 g/mol. The first-order valence-electron chi connectivity index (χ1n) is 15.7. The Hall–Kier alpha value is -4.30. The Morgan fingerprint density at radius 3 is 2.70 bits per heavy atom. The Bertz CT molecular complexity index is 1650. The van der Waals surface area contributed by atoms with Gasteiger partial charge in [0.1, 0.15) is 36.2 Å². The molecule has 2 fully saturated rings. The highest BCUT2D eigenvalue weighted by atomic mass is 16.6. The number of carbonyl (C=O) groups excluding carboxylic acids is 2. The summed E-state index contributed by atoms with van der Waals surface area (Å²) in [5, 5.41) is 28.9. The van der Waals surface area contributed by atoms with Gasteiger partial charge in [0.25, 0.3) is 0 Å². The van der Waals surface area contributed by atoms with Crippen molar-refractivity contribution >= 4 is 23.4 Å². The minimum absolute atomic E-state index is 0.00988. The number of nitrogens with two attached hydrogens (primary N) is 1.